The van der Waals surface area contributed by atoms with Crippen LogP contribution in [-0.4, -0.2) is 49.6 Å². The average molecular weight is 258 g/mol. The highest BCUT2D eigenvalue weighted by atomic mass is 32.2. The molecule has 96 valence electrons. The van der Waals surface area contributed by atoms with Crippen molar-refractivity contribution >= 4 is 10.0 Å². The van der Waals surface area contributed by atoms with Crippen molar-refractivity contribution < 1.29 is 8.42 Å². The Hall–Kier alpha value is -0.920. The van der Waals surface area contributed by atoms with Gasteiger partial charge in [-0.2, -0.15) is 9.40 Å². The van der Waals surface area contributed by atoms with Crippen molar-refractivity contribution in [2.24, 2.45) is 5.92 Å². The Morgan fingerprint density at radius 2 is 2.47 bits per heavy atom. The molecule has 1 aliphatic rings. The third kappa shape index (κ3) is 2.67. The van der Waals surface area contributed by atoms with Gasteiger partial charge in [0.1, 0.15) is 4.90 Å². The smallest absolute Gasteiger partial charge is 0.246 e. The quantitative estimate of drug-likeness (QED) is 0.798. The average Bonchev–Trinajstić information content (AvgIpc) is 2.84. The van der Waals surface area contributed by atoms with Gasteiger partial charge in [0.05, 0.1) is 6.20 Å². The van der Waals surface area contributed by atoms with Crippen LogP contribution in [0, 0.1) is 5.92 Å². The van der Waals surface area contributed by atoms with Gasteiger partial charge in [-0.05, 0) is 32.4 Å². The van der Waals surface area contributed by atoms with Crippen molar-refractivity contribution in [1.82, 2.24) is 19.8 Å². The predicted molar refractivity (Wildman–Crippen MR) is 64.0 cm³/mol. The summed E-state index contributed by atoms with van der Waals surface area (Å²) in [6, 6.07) is 0. The number of hydrogen-bond acceptors (Lipinski definition) is 4. The maximum Gasteiger partial charge on any atom is 0.246 e. The molecule has 0 amide bonds. The summed E-state index contributed by atoms with van der Waals surface area (Å²) < 4.78 is 26.0. The first kappa shape index (κ1) is 12.5. The molecule has 0 radical (unpaired) electrons. The van der Waals surface area contributed by atoms with Crippen LogP contribution in [-0.2, 0) is 10.0 Å². The normalized spacial score (nSPS) is 22.8. The molecule has 0 aromatic carbocycles. The second kappa shape index (κ2) is 5.16. The highest BCUT2D eigenvalue weighted by molar-refractivity contribution is 7.89. The molecule has 2 rings (SSSR count). The zero-order valence-electron chi connectivity index (χ0n) is 9.89. The van der Waals surface area contributed by atoms with Crippen LogP contribution in [0.4, 0.5) is 0 Å². The molecule has 7 heteroatoms. The van der Waals surface area contributed by atoms with Gasteiger partial charge in [-0.15, -0.1) is 0 Å². The third-order valence-corrected chi connectivity index (χ3v) is 4.92. The fourth-order valence-corrected chi connectivity index (χ4v) is 3.69. The summed E-state index contributed by atoms with van der Waals surface area (Å²) in [7, 11) is -1.47. The second-order valence-electron chi connectivity index (χ2n) is 4.36. The van der Waals surface area contributed by atoms with E-state index in [9.17, 15) is 8.42 Å². The first-order valence-corrected chi connectivity index (χ1v) is 7.22. The molecule has 2 heterocycles. The third-order valence-electron chi connectivity index (χ3n) is 3.09. The van der Waals surface area contributed by atoms with Crippen LogP contribution in [0.1, 0.15) is 12.8 Å². The van der Waals surface area contributed by atoms with E-state index in [1.54, 1.807) is 4.31 Å². The van der Waals surface area contributed by atoms with Crippen LogP contribution in [0.25, 0.3) is 0 Å². The van der Waals surface area contributed by atoms with Crippen molar-refractivity contribution in [3.63, 3.8) is 0 Å². The van der Waals surface area contributed by atoms with E-state index in [-0.39, 0.29) is 4.90 Å². The minimum atomic E-state index is -3.36. The summed E-state index contributed by atoms with van der Waals surface area (Å²) in [4.78, 5) is 0.252. The number of rotatable bonds is 4. The van der Waals surface area contributed by atoms with Crippen molar-refractivity contribution in [1.29, 1.82) is 0 Å². The van der Waals surface area contributed by atoms with E-state index in [4.69, 9.17) is 0 Å². The monoisotopic (exact) mass is 258 g/mol. The van der Waals surface area contributed by atoms with Gasteiger partial charge >= 0.3 is 0 Å². The predicted octanol–water partition coefficient (Wildman–Crippen LogP) is 0.0298. The summed E-state index contributed by atoms with van der Waals surface area (Å²) in [6.45, 7) is 2.06. The van der Waals surface area contributed by atoms with Crippen LogP contribution in [0.2, 0.25) is 0 Å². The van der Waals surface area contributed by atoms with Gasteiger partial charge in [0, 0.05) is 19.3 Å². The molecule has 2 N–H and O–H groups in total. The Balaban J connectivity index is 2.12. The molecule has 0 saturated carbocycles. The number of sulfonamides is 1. The minimum absolute atomic E-state index is 0.252. The molecule has 1 aliphatic heterocycles. The summed E-state index contributed by atoms with van der Waals surface area (Å²) >= 11 is 0. The fourth-order valence-electron chi connectivity index (χ4n) is 2.23. The Morgan fingerprint density at radius 3 is 3.12 bits per heavy atom. The van der Waals surface area contributed by atoms with E-state index in [0.717, 1.165) is 19.4 Å². The highest BCUT2D eigenvalue weighted by Crippen LogP contribution is 2.22. The van der Waals surface area contributed by atoms with Crippen LogP contribution < -0.4 is 5.32 Å². The molecule has 1 fully saturated rings. The van der Waals surface area contributed by atoms with Crippen molar-refractivity contribution in [3.8, 4) is 0 Å². The van der Waals surface area contributed by atoms with Gasteiger partial charge < -0.3 is 5.32 Å². The second-order valence-corrected chi connectivity index (χ2v) is 6.30. The number of nitrogens with zero attached hydrogens (tertiary/aromatic N) is 2. The van der Waals surface area contributed by atoms with Gasteiger partial charge in [-0.25, -0.2) is 8.42 Å². The molecule has 17 heavy (non-hydrogen) atoms. The number of aromatic nitrogens is 2. The van der Waals surface area contributed by atoms with Crippen LogP contribution in [0.5, 0.6) is 0 Å². The molecule has 1 saturated heterocycles. The molecule has 0 bridgehead atoms. The first-order valence-electron chi connectivity index (χ1n) is 5.78. The number of aromatic amines is 1. The topological polar surface area (TPSA) is 78.1 Å². The van der Waals surface area contributed by atoms with Gasteiger partial charge in [0.15, 0.2) is 0 Å². The van der Waals surface area contributed by atoms with E-state index >= 15 is 0 Å². The van der Waals surface area contributed by atoms with Crippen LogP contribution in [0.3, 0.4) is 0 Å². The van der Waals surface area contributed by atoms with E-state index < -0.39 is 10.0 Å². The molecule has 1 aromatic rings. The maximum absolute atomic E-state index is 12.2. The SMILES string of the molecule is CNCC1CCCN(S(=O)(=O)c2cn[nH]c2)C1. The molecule has 0 spiro atoms. The summed E-state index contributed by atoms with van der Waals surface area (Å²) in [5.74, 6) is 0.399. The van der Waals surface area contributed by atoms with Crippen LogP contribution >= 0.6 is 0 Å². The molecule has 0 aliphatic carbocycles. The first-order chi connectivity index (χ1) is 8.14. The highest BCUT2D eigenvalue weighted by Gasteiger charge is 2.30. The number of piperidine rings is 1. The molecule has 1 unspecified atom stereocenters. The van der Waals surface area contributed by atoms with E-state index in [2.05, 4.69) is 15.5 Å². The van der Waals surface area contributed by atoms with Gasteiger partial charge in [0.25, 0.3) is 0 Å². The lowest BCUT2D eigenvalue weighted by Crippen LogP contribution is -2.42. The maximum atomic E-state index is 12.2. The van der Waals surface area contributed by atoms with Crippen molar-refractivity contribution in [2.45, 2.75) is 17.7 Å². The number of hydrogen-bond donors (Lipinski definition) is 2. The Kier molecular flexibility index (Phi) is 3.80. The Bertz CT molecular complexity index is 441. The van der Waals surface area contributed by atoms with E-state index in [1.165, 1.54) is 12.4 Å². The standard InChI is InChI=1S/C10H18N4O2S/c1-11-5-9-3-2-4-14(8-9)17(15,16)10-6-12-13-7-10/h6-7,9,11H,2-5,8H2,1H3,(H,12,13). The van der Waals surface area contributed by atoms with Crippen molar-refractivity contribution in [2.75, 3.05) is 26.7 Å². The summed E-state index contributed by atoms with van der Waals surface area (Å²) in [5, 5.41) is 9.34. The number of nitrogens with one attached hydrogen (secondary N) is 2. The zero-order valence-corrected chi connectivity index (χ0v) is 10.7. The molecule has 1 atom stereocenters. The molecule has 6 nitrogen and oxygen atoms in total. The van der Waals surface area contributed by atoms with Gasteiger partial charge in [-0.1, -0.05) is 0 Å². The largest absolute Gasteiger partial charge is 0.319 e. The Labute approximate surface area is 101 Å². The van der Waals surface area contributed by atoms with Gasteiger partial charge in [-0.3, -0.25) is 5.10 Å². The fraction of sp³-hybridized carbons (Fsp3) is 0.700. The zero-order chi connectivity index (χ0) is 12.3. The minimum Gasteiger partial charge on any atom is -0.319 e. The molecule has 1 aromatic heterocycles. The lowest BCUT2D eigenvalue weighted by atomic mass is 10.00. The summed E-state index contributed by atoms with van der Waals surface area (Å²) in [6.07, 6.45) is 4.79. The lowest BCUT2D eigenvalue weighted by molar-refractivity contribution is 0.263. The van der Waals surface area contributed by atoms with Gasteiger partial charge in [0.2, 0.25) is 10.0 Å². The lowest BCUT2D eigenvalue weighted by Gasteiger charge is -2.31. The Morgan fingerprint density at radius 1 is 1.65 bits per heavy atom. The summed E-state index contributed by atoms with van der Waals surface area (Å²) in [5.41, 5.74) is 0. The van der Waals surface area contributed by atoms with Crippen molar-refractivity contribution in [3.05, 3.63) is 12.4 Å². The molecular formula is C10H18N4O2S. The number of H-pyrrole nitrogens is 1. The van der Waals surface area contributed by atoms with Crippen LogP contribution in [0.15, 0.2) is 17.3 Å². The molecular weight excluding hydrogens is 240 g/mol. The van der Waals surface area contributed by atoms with E-state index in [1.807, 2.05) is 7.05 Å². The van der Waals surface area contributed by atoms with E-state index in [0.29, 0.717) is 19.0 Å².